The van der Waals surface area contributed by atoms with Crippen molar-refractivity contribution < 1.29 is 23.8 Å². The fourth-order valence-electron chi connectivity index (χ4n) is 5.60. The lowest BCUT2D eigenvalue weighted by Gasteiger charge is -2.34. The monoisotopic (exact) mass is 611 g/mol. The van der Waals surface area contributed by atoms with Crippen LogP contribution in [0.3, 0.4) is 0 Å². The van der Waals surface area contributed by atoms with E-state index in [1.54, 1.807) is 12.0 Å². The Bertz CT molecular complexity index is 1520. The van der Waals surface area contributed by atoms with E-state index < -0.39 is 11.7 Å². The Morgan fingerprint density at radius 3 is 2.33 bits per heavy atom. The molecule has 1 saturated carbocycles. The Kier molecular flexibility index (Phi) is 10.1. The van der Waals surface area contributed by atoms with Crippen LogP contribution in [0.4, 0.5) is 4.79 Å². The fourth-order valence-corrected chi connectivity index (χ4v) is 5.60. The molecule has 8 heteroatoms. The van der Waals surface area contributed by atoms with Crippen LogP contribution in [0.2, 0.25) is 0 Å². The van der Waals surface area contributed by atoms with Gasteiger partial charge in [0.25, 0.3) is 5.91 Å². The lowest BCUT2D eigenvalue weighted by molar-refractivity contribution is -0.128. The van der Waals surface area contributed by atoms with Crippen molar-refractivity contribution in [1.82, 2.24) is 9.80 Å². The number of benzene rings is 3. The number of amides is 2. The molecule has 0 bridgehead atoms. The summed E-state index contributed by atoms with van der Waals surface area (Å²) in [4.78, 5) is 31.5. The standard InChI is InChI=1S/C37H45N3O5/c1-37(2,3)45-36(42)39-18-16-33(29-13-8-12-28(22-29)27-10-6-5-7-11-27)34(25-39)35(41)40(30-14-15-30)24-26-20-31(43-4)23-32(21-26)44-19-9-17-38/h5-8,10-13,20-23,30H,9,14-19,24-25,38H2,1-4H3. The minimum Gasteiger partial charge on any atom is -0.497 e. The van der Waals surface area contributed by atoms with Crippen LogP contribution in [0.5, 0.6) is 11.5 Å². The summed E-state index contributed by atoms with van der Waals surface area (Å²) in [5, 5.41) is 0. The highest BCUT2D eigenvalue weighted by atomic mass is 16.6. The topological polar surface area (TPSA) is 94.3 Å². The maximum absolute atomic E-state index is 14.6. The van der Waals surface area contributed by atoms with E-state index in [9.17, 15) is 9.59 Å². The number of nitrogens with zero attached hydrogens (tertiary/aromatic N) is 2. The zero-order chi connectivity index (χ0) is 32.0. The number of carbonyl (C=O) groups is 2. The molecule has 2 N–H and O–H groups in total. The quantitative estimate of drug-likeness (QED) is 0.243. The Hall–Kier alpha value is -4.30. The largest absolute Gasteiger partial charge is 0.497 e. The fraction of sp³-hybridized carbons (Fsp3) is 0.405. The van der Waals surface area contributed by atoms with E-state index in [0.29, 0.717) is 49.7 Å². The molecule has 8 nitrogen and oxygen atoms in total. The van der Waals surface area contributed by atoms with E-state index in [-0.39, 0.29) is 18.5 Å². The lowest BCUT2D eigenvalue weighted by Crippen LogP contribution is -2.44. The van der Waals surface area contributed by atoms with E-state index in [2.05, 4.69) is 30.3 Å². The second-order valence-corrected chi connectivity index (χ2v) is 12.7. The van der Waals surface area contributed by atoms with Gasteiger partial charge in [-0.25, -0.2) is 4.79 Å². The predicted octanol–water partition coefficient (Wildman–Crippen LogP) is 6.68. The van der Waals surface area contributed by atoms with Gasteiger partial charge in [0.05, 0.1) is 20.3 Å². The molecule has 0 spiro atoms. The maximum atomic E-state index is 14.6. The van der Waals surface area contributed by atoms with Crippen molar-refractivity contribution in [1.29, 1.82) is 0 Å². The van der Waals surface area contributed by atoms with Crippen LogP contribution in [-0.4, -0.2) is 66.8 Å². The smallest absolute Gasteiger partial charge is 0.410 e. The van der Waals surface area contributed by atoms with Crippen LogP contribution in [0.25, 0.3) is 16.7 Å². The van der Waals surface area contributed by atoms with E-state index in [1.807, 2.05) is 68.1 Å². The first kappa shape index (κ1) is 32.1. The first-order chi connectivity index (χ1) is 21.6. The van der Waals surface area contributed by atoms with Gasteiger partial charge in [-0.15, -0.1) is 0 Å². The van der Waals surface area contributed by atoms with Gasteiger partial charge in [0.2, 0.25) is 0 Å². The Morgan fingerprint density at radius 1 is 0.933 bits per heavy atom. The van der Waals surface area contributed by atoms with Crippen molar-refractivity contribution in [2.24, 2.45) is 5.73 Å². The number of hydrogen-bond donors (Lipinski definition) is 1. The summed E-state index contributed by atoms with van der Waals surface area (Å²) in [5.74, 6) is 1.30. The molecule has 3 aromatic rings. The molecule has 1 heterocycles. The molecule has 1 aliphatic carbocycles. The third-order valence-electron chi connectivity index (χ3n) is 7.97. The average molecular weight is 612 g/mol. The summed E-state index contributed by atoms with van der Waals surface area (Å²) in [6, 6.07) is 24.5. The number of carbonyl (C=O) groups excluding carboxylic acids is 2. The number of ether oxygens (including phenoxy) is 3. The lowest BCUT2D eigenvalue weighted by atomic mass is 9.90. The van der Waals surface area contributed by atoms with Crippen LogP contribution >= 0.6 is 0 Å². The molecule has 2 amide bonds. The third kappa shape index (κ3) is 8.45. The number of methoxy groups -OCH3 is 1. The van der Waals surface area contributed by atoms with Gasteiger partial charge in [0.1, 0.15) is 17.1 Å². The first-order valence-corrected chi connectivity index (χ1v) is 15.8. The molecule has 0 saturated heterocycles. The zero-order valence-corrected chi connectivity index (χ0v) is 26.9. The number of hydrogen-bond acceptors (Lipinski definition) is 6. The summed E-state index contributed by atoms with van der Waals surface area (Å²) in [5.41, 5.74) is 10.7. The summed E-state index contributed by atoms with van der Waals surface area (Å²) in [6.07, 6.45) is 2.77. The molecule has 0 atom stereocenters. The predicted molar refractivity (Wildman–Crippen MR) is 177 cm³/mol. The van der Waals surface area contributed by atoms with Crippen molar-refractivity contribution in [3.8, 4) is 22.6 Å². The SMILES string of the molecule is COc1cc(CN(C(=O)C2=C(c3cccc(-c4ccccc4)c3)CCN(C(=O)OC(C)(C)C)C2)C2CC2)cc(OCCCN)c1. The van der Waals surface area contributed by atoms with Gasteiger partial charge >= 0.3 is 6.09 Å². The van der Waals surface area contributed by atoms with Crippen LogP contribution in [0.15, 0.2) is 78.4 Å². The molecule has 238 valence electrons. The van der Waals surface area contributed by atoms with Gasteiger partial charge in [-0.2, -0.15) is 0 Å². The molecule has 0 unspecified atom stereocenters. The Morgan fingerprint density at radius 2 is 1.64 bits per heavy atom. The summed E-state index contributed by atoms with van der Waals surface area (Å²) in [7, 11) is 1.63. The van der Waals surface area contributed by atoms with Crippen molar-refractivity contribution in [2.45, 2.75) is 64.6 Å². The molecule has 0 radical (unpaired) electrons. The van der Waals surface area contributed by atoms with E-state index in [1.165, 1.54) is 0 Å². The van der Waals surface area contributed by atoms with Crippen molar-refractivity contribution in [2.75, 3.05) is 33.4 Å². The normalized spacial score (nSPS) is 15.1. The van der Waals surface area contributed by atoms with Crippen LogP contribution < -0.4 is 15.2 Å². The minimum absolute atomic E-state index is 0.0562. The summed E-state index contributed by atoms with van der Waals surface area (Å²) < 4.78 is 17.2. The zero-order valence-electron chi connectivity index (χ0n) is 26.9. The van der Waals surface area contributed by atoms with E-state index in [4.69, 9.17) is 19.9 Å². The van der Waals surface area contributed by atoms with Crippen molar-refractivity contribution in [3.05, 3.63) is 89.5 Å². The summed E-state index contributed by atoms with van der Waals surface area (Å²) >= 11 is 0. The molecular formula is C37H45N3O5. The second-order valence-electron chi connectivity index (χ2n) is 12.7. The maximum Gasteiger partial charge on any atom is 0.410 e. The molecule has 45 heavy (non-hydrogen) atoms. The Balaban J connectivity index is 1.50. The molecular weight excluding hydrogens is 566 g/mol. The number of nitrogens with two attached hydrogens (primary N) is 1. The van der Waals surface area contributed by atoms with Gasteiger partial charge in [0, 0.05) is 30.8 Å². The highest BCUT2D eigenvalue weighted by molar-refractivity contribution is 6.03. The minimum atomic E-state index is -0.633. The third-order valence-corrected chi connectivity index (χ3v) is 7.97. The molecule has 2 aliphatic rings. The molecule has 5 rings (SSSR count). The van der Waals surface area contributed by atoms with Crippen molar-refractivity contribution in [3.63, 3.8) is 0 Å². The van der Waals surface area contributed by atoms with Gasteiger partial charge in [-0.05, 0) is 99.0 Å². The number of rotatable bonds is 11. The van der Waals surface area contributed by atoms with Gasteiger partial charge in [0.15, 0.2) is 0 Å². The summed E-state index contributed by atoms with van der Waals surface area (Å²) in [6.45, 7) is 7.69. The first-order valence-electron chi connectivity index (χ1n) is 15.8. The Labute approximate surface area is 266 Å². The van der Waals surface area contributed by atoms with Crippen LogP contribution in [-0.2, 0) is 16.1 Å². The van der Waals surface area contributed by atoms with Gasteiger partial charge < -0.3 is 29.7 Å². The molecule has 3 aromatic carbocycles. The highest BCUT2D eigenvalue weighted by Crippen LogP contribution is 2.36. The van der Waals surface area contributed by atoms with E-state index in [0.717, 1.165) is 47.1 Å². The average Bonchev–Trinajstić information content (AvgIpc) is 3.88. The van der Waals surface area contributed by atoms with Crippen LogP contribution in [0, 0.1) is 0 Å². The molecule has 1 aliphatic heterocycles. The van der Waals surface area contributed by atoms with Gasteiger partial charge in [-0.1, -0.05) is 48.5 Å². The molecule has 0 aromatic heterocycles. The van der Waals surface area contributed by atoms with Crippen LogP contribution in [0.1, 0.15) is 57.6 Å². The van der Waals surface area contributed by atoms with Gasteiger partial charge in [-0.3, -0.25) is 4.79 Å². The molecule has 1 fully saturated rings. The highest BCUT2D eigenvalue weighted by Gasteiger charge is 2.38. The van der Waals surface area contributed by atoms with Crippen molar-refractivity contribution >= 4 is 17.6 Å². The second kappa shape index (κ2) is 14.2. The van der Waals surface area contributed by atoms with E-state index >= 15 is 0 Å².